The molecule has 0 spiro atoms. The summed E-state index contributed by atoms with van der Waals surface area (Å²) in [7, 11) is -4.26. The molecule has 0 saturated heterocycles. The monoisotopic (exact) mass is 452 g/mol. The molecule has 0 aliphatic rings. The van der Waals surface area contributed by atoms with E-state index in [0.29, 0.717) is 11.6 Å². The van der Waals surface area contributed by atoms with Crippen molar-refractivity contribution in [1.82, 2.24) is 4.72 Å². The Morgan fingerprint density at radius 2 is 1.48 bits per heavy atom. The first-order valence-electron chi connectivity index (χ1n) is 8.93. The largest absolute Gasteiger partial charge is 0.322 e. The van der Waals surface area contributed by atoms with Crippen molar-refractivity contribution in [1.29, 1.82) is 0 Å². The molecule has 0 saturated carbocycles. The first-order chi connectivity index (χ1) is 14.7. The molecule has 0 fully saturated rings. The van der Waals surface area contributed by atoms with Gasteiger partial charge in [0.15, 0.2) is 17.5 Å². The molecule has 2 N–H and O–H groups in total. The van der Waals surface area contributed by atoms with Gasteiger partial charge in [0.25, 0.3) is 0 Å². The van der Waals surface area contributed by atoms with E-state index in [1.165, 1.54) is 0 Å². The smallest absolute Gasteiger partial charge is 0.242 e. The molecule has 1 atom stereocenters. The minimum atomic E-state index is -4.26. The van der Waals surface area contributed by atoms with Crippen molar-refractivity contribution in [2.45, 2.75) is 17.4 Å². The summed E-state index contributed by atoms with van der Waals surface area (Å²) in [5, 5.41) is 2.07. The summed E-state index contributed by atoms with van der Waals surface area (Å²) >= 11 is 0. The standard InChI is InChI=1S/C21H16F4N2O3S/c22-14-6-8-15(9-7-14)31(29,30)27-18(12-13-4-2-1-3-5-13)21(28)26-17-11-10-16(23)19(24)20(17)25/h1-11,18,27H,12H2,(H,26,28)/t18-/m1/s1. The van der Waals surface area contributed by atoms with E-state index in [4.69, 9.17) is 0 Å². The van der Waals surface area contributed by atoms with Crippen LogP contribution in [0.1, 0.15) is 5.56 Å². The first-order valence-corrected chi connectivity index (χ1v) is 10.4. The molecule has 3 aromatic carbocycles. The second-order valence-corrected chi connectivity index (χ2v) is 8.24. The van der Waals surface area contributed by atoms with E-state index in [-0.39, 0.29) is 11.3 Å². The lowest BCUT2D eigenvalue weighted by Gasteiger charge is -2.19. The predicted octanol–water partition coefficient (Wildman–Crippen LogP) is 3.77. The van der Waals surface area contributed by atoms with Gasteiger partial charge in [-0.05, 0) is 48.4 Å². The molecular weight excluding hydrogens is 436 g/mol. The van der Waals surface area contributed by atoms with Crippen molar-refractivity contribution in [3.05, 3.63) is 95.6 Å². The number of carbonyl (C=O) groups is 1. The highest BCUT2D eigenvalue weighted by Gasteiger charge is 2.27. The van der Waals surface area contributed by atoms with E-state index < -0.39 is 50.9 Å². The van der Waals surface area contributed by atoms with Gasteiger partial charge in [-0.25, -0.2) is 26.0 Å². The summed E-state index contributed by atoms with van der Waals surface area (Å²) in [6.07, 6.45) is -0.127. The predicted molar refractivity (Wildman–Crippen MR) is 106 cm³/mol. The summed E-state index contributed by atoms with van der Waals surface area (Å²) in [6.45, 7) is 0. The average molecular weight is 452 g/mol. The van der Waals surface area contributed by atoms with Crippen molar-refractivity contribution < 1.29 is 30.8 Å². The molecule has 3 rings (SSSR count). The molecular formula is C21H16F4N2O3S. The molecule has 10 heteroatoms. The van der Waals surface area contributed by atoms with Crippen LogP contribution in [0.2, 0.25) is 0 Å². The van der Waals surface area contributed by atoms with E-state index in [2.05, 4.69) is 10.0 Å². The maximum Gasteiger partial charge on any atom is 0.242 e. The van der Waals surface area contributed by atoms with Crippen LogP contribution in [0.25, 0.3) is 0 Å². The normalized spacial score (nSPS) is 12.4. The van der Waals surface area contributed by atoms with E-state index in [1.807, 2.05) is 0 Å². The lowest BCUT2D eigenvalue weighted by molar-refractivity contribution is -0.117. The summed E-state index contributed by atoms with van der Waals surface area (Å²) in [5.74, 6) is -6.48. The van der Waals surface area contributed by atoms with Gasteiger partial charge >= 0.3 is 0 Å². The van der Waals surface area contributed by atoms with Crippen LogP contribution >= 0.6 is 0 Å². The number of nitrogens with one attached hydrogen (secondary N) is 2. The van der Waals surface area contributed by atoms with Gasteiger partial charge in [-0.1, -0.05) is 30.3 Å². The SMILES string of the molecule is O=C(Nc1ccc(F)c(F)c1F)[C@@H](Cc1ccccc1)NS(=O)(=O)c1ccc(F)cc1. The zero-order valence-corrected chi connectivity index (χ0v) is 16.6. The molecule has 0 aromatic heterocycles. The average Bonchev–Trinajstić information content (AvgIpc) is 2.74. The van der Waals surface area contributed by atoms with Crippen molar-refractivity contribution in [2.24, 2.45) is 0 Å². The molecule has 0 radical (unpaired) electrons. The van der Waals surface area contributed by atoms with Crippen LogP contribution in [-0.4, -0.2) is 20.4 Å². The third-order valence-electron chi connectivity index (χ3n) is 4.31. The van der Waals surface area contributed by atoms with Gasteiger partial charge in [0, 0.05) is 0 Å². The number of hydrogen-bond donors (Lipinski definition) is 2. The van der Waals surface area contributed by atoms with Gasteiger partial charge in [-0.2, -0.15) is 4.72 Å². The zero-order valence-electron chi connectivity index (χ0n) is 15.8. The number of halogens is 4. The van der Waals surface area contributed by atoms with Crippen LogP contribution in [0.5, 0.6) is 0 Å². The number of hydrogen-bond acceptors (Lipinski definition) is 3. The van der Waals surface area contributed by atoms with Gasteiger partial charge in [-0.15, -0.1) is 0 Å². The second kappa shape index (κ2) is 9.27. The molecule has 3 aromatic rings. The third kappa shape index (κ3) is 5.47. The van der Waals surface area contributed by atoms with Crippen LogP contribution in [0.15, 0.2) is 71.6 Å². The summed E-state index contributed by atoms with van der Waals surface area (Å²) < 4.78 is 81.2. The Morgan fingerprint density at radius 3 is 2.13 bits per heavy atom. The molecule has 0 aliphatic heterocycles. The summed E-state index contributed by atoms with van der Waals surface area (Å²) in [6, 6.07) is 12.3. The minimum absolute atomic E-state index is 0.127. The molecule has 0 aliphatic carbocycles. The molecule has 162 valence electrons. The van der Waals surface area contributed by atoms with Crippen molar-refractivity contribution in [3.63, 3.8) is 0 Å². The molecule has 1 amide bonds. The zero-order chi connectivity index (χ0) is 22.6. The molecule has 0 unspecified atom stereocenters. The second-order valence-electron chi connectivity index (χ2n) is 6.53. The highest BCUT2D eigenvalue weighted by atomic mass is 32.2. The maximum absolute atomic E-state index is 13.9. The summed E-state index contributed by atoms with van der Waals surface area (Å²) in [4.78, 5) is 12.5. The number of benzene rings is 3. The highest BCUT2D eigenvalue weighted by Crippen LogP contribution is 2.20. The Labute approximate surface area is 175 Å². The van der Waals surface area contributed by atoms with Crippen LogP contribution in [0.4, 0.5) is 23.2 Å². The number of rotatable bonds is 7. The van der Waals surface area contributed by atoms with Crippen LogP contribution < -0.4 is 10.0 Å². The lowest BCUT2D eigenvalue weighted by Crippen LogP contribution is -2.45. The van der Waals surface area contributed by atoms with Crippen LogP contribution in [0, 0.1) is 23.3 Å². The van der Waals surface area contributed by atoms with Gasteiger partial charge < -0.3 is 5.32 Å². The quantitative estimate of drug-likeness (QED) is 0.423. The number of amides is 1. The van der Waals surface area contributed by atoms with E-state index in [9.17, 15) is 30.8 Å². The Balaban J connectivity index is 1.89. The first kappa shape index (κ1) is 22.4. The Hall–Kier alpha value is -3.24. The van der Waals surface area contributed by atoms with E-state index >= 15 is 0 Å². The summed E-state index contributed by atoms with van der Waals surface area (Å²) in [5.41, 5.74) is -0.0712. The fraction of sp³-hybridized carbons (Fsp3) is 0.0952. The topological polar surface area (TPSA) is 75.3 Å². The van der Waals surface area contributed by atoms with Crippen molar-refractivity contribution >= 4 is 21.6 Å². The van der Waals surface area contributed by atoms with Gasteiger partial charge in [0.05, 0.1) is 10.6 Å². The third-order valence-corrected chi connectivity index (χ3v) is 5.80. The molecule has 5 nitrogen and oxygen atoms in total. The van der Waals surface area contributed by atoms with E-state index in [0.717, 1.165) is 30.3 Å². The molecule has 0 bridgehead atoms. The Morgan fingerprint density at radius 1 is 0.839 bits per heavy atom. The number of anilines is 1. The number of sulfonamides is 1. The van der Waals surface area contributed by atoms with Crippen LogP contribution in [0.3, 0.4) is 0 Å². The van der Waals surface area contributed by atoms with Gasteiger partial charge in [-0.3, -0.25) is 4.79 Å². The van der Waals surface area contributed by atoms with Crippen molar-refractivity contribution in [3.8, 4) is 0 Å². The minimum Gasteiger partial charge on any atom is -0.322 e. The fourth-order valence-corrected chi connectivity index (χ4v) is 3.94. The van der Waals surface area contributed by atoms with E-state index in [1.54, 1.807) is 30.3 Å². The molecule has 0 heterocycles. The van der Waals surface area contributed by atoms with Crippen molar-refractivity contribution in [2.75, 3.05) is 5.32 Å². The van der Waals surface area contributed by atoms with Gasteiger partial charge in [0.1, 0.15) is 11.9 Å². The lowest BCUT2D eigenvalue weighted by atomic mass is 10.1. The maximum atomic E-state index is 13.9. The van der Waals surface area contributed by atoms with Gasteiger partial charge in [0.2, 0.25) is 15.9 Å². The Kier molecular flexibility index (Phi) is 6.71. The fourth-order valence-electron chi connectivity index (χ4n) is 2.75. The van der Waals surface area contributed by atoms with Crippen LogP contribution in [-0.2, 0) is 21.2 Å². The highest BCUT2D eigenvalue weighted by molar-refractivity contribution is 7.89. The Bertz CT molecular complexity index is 1190. The molecule has 31 heavy (non-hydrogen) atoms. The number of carbonyl (C=O) groups excluding carboxylic acids is 1.